The summed E-state index contributed by atoms with van der Waals surface area (Å²) in [7, 11) is 0. The maximum Gasteiger partial charge on any atom is 0.259 e. The molecule has 0 atom stereocenters. The van der Waals surface area contributed by atoms with Crippen LogP contribution in [0.3, 0.4) is 0 Å². The van der Waals surface area contributed by atoms with Crippen LogP contribution < -0.4 is 5.56 Å². The normalized spacial score (nSPS) is 16.2. The molecule has 0 aliphatic carbocycles. The highest BCUT2D eigenvalue weighted by molar-refractivity contribution is 5.79. The predicted octanol–water partition coefficient (Wildman–Crippen LogP) is 2.73. The number of para-hydroxylation sites is 1. The summed E-state index contributed by atoms with van der Waals surface area (Å²) in [6, 6.07) is 15.8. The molecule has 1 aromatic heterocycles. The van der Waals surface area contributed by atoms with Crippen LogP contribution in [-0.4, -0.2) is 52.5 Å². The maximum absolute atomic E-state index is 12.2. The van der Waals surface area contributed by atoms with E-state index in [0.717, 1.165) is 50.3 Å². The summed E-state index contributed by atoms with van der Waals surface area (Å²) in [5.41, 5.74) is 2.86. The number of hydrogen-bond acceptors (Lipinski definition) is 4. The fourth-order valence-electron chi connectivity index (χ4n) is 3.51. The van der Waals surface area contributed by atoms with Gasteiger partial charge in [0, 0.05) is 38.3 Å². The maximum atomic E-state index is 12.2. The molecule has 0 radical (unpaired) electrons. The van der Waals surface area contributed by atoms with E-state index < -0.39 is 0 Å². The van der Waals surface area contributed by atoms with Crippen LogP contribution >= 0.6 is 0 Å². The summed E-state index contributed by atoms with van der Waals surface area (Å²) >= 11 is 0. The van der Waals surface area contributed by atoms with Gasteiger partial charge in [-0.3, -0.25) is 9.69 Å². The Balaban J connectivity index is 1.50. The van der Waals surface area contributed by atoms with Gasteiger partial charge in [0.25, 0.3) is 5.56 Å². The molecule has 1 fully saturated rings. The number of nitrogens with one attached hydrogen (secondary N) is 1. The summed E-state index contributed by atoms with van der Waals surface area (Å²) in [5.74, 6) is 0.622. The van der Waals surface area contributed by atoms with E-state index in [2.05, 4.69) is 38.8 Å². The Kier molecular flexibility index (Phi) is 4.82. The van der Waals surface area contributed by atoms with E-state index in [1.54, 1.807) is 6.07 Å². The van der Waals surface area contributed by atoms with Gasteiger partial charge >= 0.3 is 0 Å². The molecule has 1 aliphatic rings. The second kappa shape index (κ2) is 7.40. The van der Waals surface area contributed by atoms with Gasteiger partial charge in [-0.25, -0.2) is 4.98 Å². The second-order valence-corrected chi connectivity index (χ2v) is 6.84. The minimum absolute atomic E-state index is 0.0940. The molecule has 2 aromatic carbocycles. The van der Waals surface area contributed by atoms with Crippen LogP contribution in [-0.2, 0) is 6.54 Å². The summed E-state index contributed by atoms with van der Waals surface area (Å²) in [5, 5.41) is 0.624. The molecular weight excluding hydrogens is 324 g/mol. The first kappa shape index (κ1) is 16.9. The average Bonchev–Trinajstić information content (AvgIpc) is 2.69. The Morgan fingerprint density at radius 1 is 0.962 bits per heavy atom. The number of benzene rings is 2. The van der Waals surface area contributed by atoms with Gasteiger partial charge in [0.05, 0.1) is 10.9 Å². The molecule has 26 heavy (non-hydrogen) atoms. The number of H-pyrrole nitrogens is 1. The van der Waals surface area contributed by atoms with E-state index in [0.29, 0.717) is 11.2 Å². The van der Waals surface area contributed by atoms with E-state index >= 15 is 0 Å². The summed E-state index contributed by atoms with van der Waals surface area (Å²) in [6.07, 6.45) is 0. The monoisotopic (exact) mass is 348 g/mol. The van der Waals surface area contributed by atoms with Crippen molar-refractivity contribution in [1.29, 1.82) is 0 Å². The fourth-order valence-corrected chi connectivity index (χ4v) is 3.51. The van der Waals surface area contributed by atoms with Gasteiger partial charge in [0.1, 0.15) is 5.82 Å². The third-order valence-corrected chi connectivity index (χ3v) is 5.16. The SMILES string of the molecule is CCN1CCN(Cc2ccc(-c3nc4ccccc4c(=O)[nH]3)cc2)CC1. The number of nitrogens with zero attached hydrogens (tertiary/aromatic N) is 3. The molecule has 0 saturated carbocycles. The number of hydrogen-bond donors (Lipinski definition) is 1. The van der Waals surface area contributed by atoms with Crippen LogP contribution in [0.2, 0.25) is 0 Å². The van der Waals surface area contributed by atoms with Gasteiger partial charge < -0.3 is 9.88 Å². The Morgan fingerprint density at radius 2 is 1.65 bits per heavy atom. The molecule has 0 amide bonds. The zero-order chi connectivity index (χ0) is 17.9. The molecule has 1 N–H and O–H groups in total. The van der Waals surface area contributed by atoms with Crippen molar-refractivity contribution in [3.05, 3.63) is 64.4 Å². The molecule has 1 saturated heterocycles. The van der Waals surface area contributed by atoms with Gasteiger partial charge in [-0.15, -0.1) is 0 Å². The van der Waals surface area contributed by atoms with Crippen LogP contribution in [0.1, 0.15) is 12.5 Å². The fraction of sp³-hybridized carbons (Fsp3) is 0.333. The molecule has 2 heterocycles. The summed E-state index contributed by atoms with van der Waals surface area (Å²) in [6.45, 7) is 8.87. The number of rotatable bonds is 4. The highest BCUT2D eigenvalue weighted by atomic mass is 16.1. The molecule has 0 spiro atoms. The third kappa shape index (κ3) is 3.54. The highest BCUT2D eigenvalue weighted by Gasteiger charge is 2.15. The highest BCUT2D eigenvalue weighted by Crippen LogP contribution is 2.18. The van der Waals surface area contributed by atoms with Gasteiger partial charge in [0.2, 0.25) is 0 Å². The quantitative estimate of drug-likeness (QED) is 0.788. The van der Waals surface area contributed by atoms with E-state index in [1.165, 1.54) is 5.56 Å². The van der Waals surface area contributed by atoms with Crippen molar-refractivity contribution in [2.75, 3.05) is 32.7 Å². The standard InChI is InChI=1S/C21H24N4O/c1-2-24-11-13-25(14-12-24)15-16-7-9-17(10-8-16)20-22-19-6-4-3-5-18(19)21(26)23-20/h3-10H,2,11-15H2,1H3,(H,22,23,26). The lowest BCUT2D eigenvalue weighted by Gasteiger charge is -2.34. The molecular formula is C21H24N4O. The number of piperazine rings is 1. The lowest BCUT2D eigenvalue weighted by atomic mass is 10.1. The van der Waals surface area contributed by atoms with Crippen LogP contribution in [0.25, 0.3) is 22.3 Å². The first-order valence-electron chi connectivity index (χ1n) is 9.26. The molecule has 4 rings (SSSR count). The molecule has 0 bridgehead atoms. The van der Waals surface area contributed by atoms with Crippen molar-refractivity contribution in [1.82, 2.24) is 19.8 Å². The minimum Gasteiger partial charge on any atom is -0.306 e. The van der Waals surface area contributed by atoms with Gasteiger partial charge in [-0.05, 0) is 24.2 Å². The largest absolute Gasteiger partial charge is 0.306 e. The first-order valence-corrected chi connectivity index (χ1v) is 9.26. The first-order chi connectivity index (χ1) is 12.7. The Bertz CT molecular complexity index is 940. The Hall–Kier alpha value is -2.50. The van der Waals surface area contributed by atoms with Gasteiger partial charge in [-0.2, -0.15) is 0 Å². The van der Waals surface area contributed by atoms with E-state index in [9.17, 15) is 4.79 Å². The smallest absolute Gasteiger partial charge is 0.259 e. The van der Waals surface area contributed by atoms with Crippen molar-refractivity contribution < 1.29 is 0 Å². The van der Waals surface area contributed by atoms with Crippen LogP contribution in [0.4, 0.5) is 0 Å². The summed E-state index contributed by atoms with van der Waals surface area (Å²) in [4.78, 5) is 24.7. The Labute approximate surface area is 153 Å². The minimum atomic E-state index is -0.0940. The Morgan fingerprint density at radius 3 is 2.38 bits per heavy atom. The number of likely N-dealkylation sites (N-methyl/N-ethyl adjacent to an activating group) is 1. The molecule has 1 aliphatic heterocycles. The molecule has 5 nitrogen and oxygen atoms in total. The average molecular weight is 348 g/mol. The van der Waals surface area contributed by atoms with Crippen molar-refractivity contribution in [2.24, 2.45) is 0 Å². The van der Waals surface area contributed by atoms with E-state index in [1.807, 2.05) is 30.3 Å². The van der Waals surface area contributed by atoms with Crippen molar-refractivity contribution >= 4 is 10.9 Å². The molecule has 5 heteroatoms. The third-order valence-electron chi connectivity index (χ3n) is 5.16. The van der Waals surface area contributed by atoms with Crippen LogP contribution in [0.5, 0.6) is 0 Å². The van der Waals surface area contributed by atoms with Gasteiger partial charge in [0.15, 0.2) is 0 Å². The second-order valence-electron chi connectivity index (χ2n) is 6.84. The zero-order valence-electron chi connectivity index (χ0n) is 15.1. The molecule has 134 valence electrons. The zero-order valence-corrected chi connectivity index (χ0v) is 15.1. The number of fused-ring (bicyclic) bond motifs is 1. The van der Waals surface area contributed by atoms with Gasteiger partial charge in [-0.1, -0.05) is 43.3 Å². The molecule has 0 unspecified atom stereocenters. The lowest BCUT2D eigenvalue weighted by Crippen LogP contribution is -2.45. The number of aromatic amines is 1. The number of aromatic nitrogens is 2. The van der Waals surface area contributed by atoms with Crippen LogP contribution in [0.15, 0.2) is 53.3 Å². The predicted molar refractivity (Wildman–Crippen MR) is 105 cm³/mol. The summed E-state index contributed by atoms with van der Waals surface area (Å²) < 4.78 is 0. The lowest BCUT2D eigenvalue weighted by molar-refractivity contribution is 0.132. The van der Waals surface area contributed by atoms with Crippen molar-refractivity contribution in [3.63, 3.8) is 0 Å². The van der Waals surface area contributed by atoms with E-state index in [4.69, 9.17) is 0 Å². The van der Waals surface area contributed by atoms with Crippen molar-refractivity contribution in [2.45, 2.75) is 13.5 Å². The van der Waals surface area contributed by atoms with Crippen LogP contribution in [0, 0.1) is 0 Å². The van der Waals surface area contributed by atoms with E-state index in [-0.39, 0.29) is 5.56 Å². The van der Waals surface area contributed by atoms with Crippen molar-refractivity contribution in [3.8, 4) is 11.4 Å². The topological polar surface area (TPSA) is 52.2 Å². The molecule has 3 aromatic rings.